The molecule has 1 aromatic carbocycles. The van der Waals surface area contributed by atoms with Gasteiger partial charge in [0.25, 0.3) is 0 Å². The maximum absolute atomic E-state index is 11.7. The summed E-state index contributed by atoms with van der Waals surface area (Å²) < 4.78 is 0. The predicted octanol–water partition coefficient (Wildman–Crippen LogP) is 4.23. The average molecular weight is 283 g/mol. The molecule has 0 aliphatic heterocycles. The molecule has 110 valence electrons. The van der Waals surface area contributed by atoms with Crippen molar-refractivity contribution in [3.63, 3.8) is 0 Å². The SMILES string of the molecule is CC1(C)CCC(C(=O)O)C(c2cncc3ccccc23)C1. The number of pyridine rings is 1. The molecule has 2 aromatic rings. The maximum Gasteiger partial charge on any atom is 0.307 e. The van der Waals surface area contributed by atoms with Gasteiger partial charge in [0, 0.05) is 17.8 Å². The highest BCUT2D eigenvalue weighted by atomic mass is 16.4. The van der Waals surface area contributed by atoms with E-state index in [4.69, 9.17) is 0 Å². The van der Waals surface area contributed by atoms with Gasteiger partial charge in [0.05, 0.1) is 5.92 Å². The van der Waals surface area contributed by atoms with Crippen molar-refractivity contribution in [3.8, 4) is 0 Å². The van der Waals surface area contributed by atoms with Crippen molar-refractivity contribution in [2.45, 2.75) is 39.0 Å². The van der Waals surface area contributed by atoms with Crippen LogP contribution in [0.3, 0.4) is 0 Å². The molecule has 1 aliphatic rings. The van der Waals surface area contributed by atoms with Gasteiger partial charge in [-0.2, -0.15) is 0 Å². The number of hydrogen-bond donors (Lipinski definition) is 1. The van der Waals surface area contributed by atoms with Crippen LogP contribution < -0.4 is 0 Å². The Hall–Kier alpha value is -1.90. The Morgan fingerprint density at radius 2 is 2.05 bits per heavy atom. The summed E-state index contributed by atoms with van der Waals surface area (Å²) in [5.41, 5.74) is 1.28. The van der Waals surface area contributed by atoms with Crippen LogP contribution >= 0.6 is 0 Å². The second-order valence-corrected chi connectivity index (χ2v) is 6.91. The molecule has 1 fully saturated rings. The first-order chi connectivity index (χ1) is 9.98. The fraction of sp³-hybridized carbons (Fsp3) is 0.444. The molecule has 1 aromatic heterocycles. The lowest BCUT2D eigenvalue weighted by molar-refractivity contribution is -0.144. The van der Waals surface area contributed by atoms with Gasteiger partial charge in [0.2, 0.25) is 0 Å². The number of carboxylic acid groups (broad SMARTS) is 1. The third kappa shape index (κ3) is 2.65. The Balaban J connectivity index is 2.11. The van der Waals surface area contributed by atoms with Crippen molar-refractivity contribution in [2.24, 2.45) is 11.3 Å². The fourth-order valence-corrected chi connectivity index (χ4v) is 3.64. The highest BCUT2D eigenvalue weighted by Gasteiger charge is 2.39. The molecule has 3 heteroatoms. The Morgan fingerprint density at radius 3 is 2.81 bits per heavy atom. The van der Waals surface area contributed by atoms with Crippen LogP contribution in [0.4, 0.5) is 0 Å². The lowest BCUT2D eigenvalue weighted by Crippen LogP contribution is -2.33. The summed E-state index contributed by atoms with van der Waals surface area (Å²) >= 11 is 0. The summed E-state index contributed by atoms with van der Waals surface area (Å²) in [7, 11) is 0. The zero-order chi connectivity index (χ0) is 15.0. The van der Waals surface area contributed by atoms with Gasteiger partial charge in [-0.05, 0) is 41.5 Å². The lowest BCUT2D eigenvalue weighted by atomic mass is 9.65. The molecule has 3 nitrogen and oxygen atoms in total. The molecule has 0 spiro atoms. The molecule has 0 amide bonds. The predicted molar refractivity (Wildman–Crippen MR) is 83.2 cm³/mol. The molecular formula is C18H21NO2. The van der Waals surface area contributed by atoms with E-state index in [9.17, 15) is 9.90 Å². The number of aliphatic carboxylic acids is 1. The molecule has 2 atom stereocenters. The number of hydrogen-bond acceptors (Lipinski definition) is 2. The summed E-state index contributed by atoms with van der Waals surface area (Å²) in [6.45, 7) is 4.47. The minimum Gasteiger partial charge on any atom is -0.481 e. The Morgan fingerprint density at radius 1 is 1.29 bits per heavy atom. The van der Waals surface area contributed by atoms with Gasteiger partial charge < -0.3 is 5.11 Å². The minimum atomic E-state index is -0.677. The van der Waals surface area contributed by atoms with Crippen LogP contribution in [0.2, 0.25) is 0 Å². The second kappa shape index (κ2) is 5.14. The number of nitrogens with zero attached hydrogens (tertiary/aromatic N) is 1. The van der Waals surface area contributed by atoms with E-state index in [1.807, 2.05) is 30.6 Å². The standard InChI is InChI=1S/C18H21NO2/c1-18(2)8-7-14(17(20)21)15(9-18)16-11-19-10-12-5-3-4-6-13(12)16/h3-6,10-11,14-15H,7-9H2,1-2H3,(H,20,21). The van der Waals surface area contributed by atoms with Crippen LogP contribution in [-0.4, -0.2) is 16.1 Å². The van der Waals surface area contributed by atoms with Gasteiger partial charge in [0.15, 0.2) is 0 Å². The molecule has 1 saturated carbocycles. The van der Waals surface area contributed by atoms with Gasteiger partial charge >= 0.3 is 5.97 Å². The molecule has 1 heterocycles. The smallest absolute Gasteiger partial charge is 0.307 e. The van der Waals surface area contributed by atoms with Crippen LogP contribution in [0.25, 0.3) is 10.8 Å². The molecular weight excluding hydrogens is 262 g/mol. The zero-order valence-electron chi connectivity index (χ0n) is 12.5. The molecule has 21 heavy (non-hydrogen) atoms. The van der Waals surface area contributed by atoms with E-state index in [2.05, 4.69) is 24.9 Å². The van der Waals surface area contributed by atoms with Crippen LogP contribution in [-0.2, 0) is 4.79 Å². The average Bonchev–Trinajstić information content (AvgIpc) is 2.45. The van der Waals surface area contributed by atoms with Gasteiger partial charge in [-0.3, -0.25) is 9.78 Å². The first-order valence-electron chi connectivity index (χ1n) is 7.53. The van der Waals surface area contributed by atoms with Crippen LogP contribution in [0.1, 0.15) is 44.6 Å². The number of fused-ring (bicyclic) bond motifs is 1. The Labute approximate surface area is 125 Å². The zero-order valence-corrected chi connectivity index (χ0v) is 12.5. The highest BCUT2D eigenvalue weighted by molar-refractivity contribution is 5.86. The summed E-state index contributed by atoms with van der Waals surface area (Å²) in [5, 5.41) is 11.8. The van der Waals surface area contributed by atoms with Crippen LogP contribution in [0, 0.1) is 11.3 Å². The summed E-state index contributed by atoms with van der Waals surface area (Å²) in [6.07, 6.45) is 6.33. The lowest BCUT2D eigenvalue weighted by Gasteiger charge is -2.39. The van der Waals surface area contributed by atoms with E-state index in [0.29, 0.717) is 0 Å². The van der Waals surface area contributed by atoms with E-state index in [0.717, 1.165) is 35.6 Å². The van der Waals surface area contributed by atoms with Crippen molar-refractivity contribution in [1.82, 2.24) is 4.98 Å². The molecule has 2 unspecified atom stereocenters. The van der Waals surface area contributed by atoms with E-state index >= 15 is 0 Å². The normalized spacial score (nSPS) is 24.9. The third-order valence-electron chi connectivity index (χ3n) is 4.81. The fourth-order valence-electron chi connectivity index (χ4n) is 3.64. The molecule has 0 saturated heterocycles. The van der Waals surface area contributed by atoms with Crippen molar-refractivity contribution < 1.29 is 9.90 Å². The van der Waals surface area contributed by atoms with Crippen LogP contribution in [0.15, 0.2) is 36.7 Å². The minimum absolute atomic E-state index is 0.0462. The maximum atomic E-state index is 11.7. The molecule has 0 bridgehead atoms. The summed E-state index contributed by atoms with van der Waals surface area (Å²) in [5.74, 6) is -0.932. The van der Waals surface area contributed by atoms with Gasteiger partial charge in [0.1, 0.15) is 0 Å². The first-order valence-corrected chi connectivity index (χ1v) is 7.53. The summed E-state index contributed by atoms with van der Waals surface area (Å²) in [6, 6.07) is 8.12. The van der Waals surface area contributed by atoms with E-state index in [-0.39, 0.29) is 17.3 Å². The largest absolute Gasteiger partial charge is 0.481 e. The van der Waals surface area contributed by atoms with E-state index in [1.165, 1.54) is 0 Å². The van der Waals surface area contributed by atoms with Gasteiger partial charge in [-0.1, -0.05) is 38.1 Å². The highest BCUT2D eigenvalue weighted by Crippen LogP contribution is 2.47. The molecule has 1 N–H and O–H groups in total. The van der Waals surface area contributed by atoms with Crippen molar-refractivity contribution >= 4 is 16.7 Å². The number of benzene rings is 1. The van der Waals surface area contributed by atoms with Crippen molar-refractivity contribution in [3.05, 3.63) is 42.2 Å². The van der Waals surface area contributed by atoms with Crippen LogP contribution in [0.5, 0.6) is 0 Å². The first kappa shape index (κ1) is 14.1. The van der Waals surface area contributed by atoms with Crippen molar-refractivity contribution in [2.75, 3.05) is 0 Å². The number of carbonyl (C=O) groups is 1. The summed E-state index contributed by atoms with van der Waals surface area (Å²) in [4.78, 5) is 16.0. The quantitative estimate of drug-likeness (QED) is 0.897. The third-order valence-corrected chi connectivity index (χ3v) is 4.81. The number of aromatic nitrogens is 1. The number of carboxylic acids is 1. The van der Waals surface area contributed by atoms with Gasteiger partial charge in [-0.15, -0.1) is 0 Å². The second-order valence-electron chi connectivity index (χ2n) is 6.91. The van der Waals surface area contributed by atoms with Crippen molar-refractivity contribution in [1.29, 1.82) is 0 Å². The molecule has 1 aliphatic carbocycles. The topological polar surface area (TPSA) is 50.2 Å². The molecule has 0 radical (unpaired) electrons. The van der Waals surface area contributed by atoms with E-state index < -0.39 is 5.97 Å². The molecule has 3 rings (SSSR count). The monoisotopic (exact) mass is 283 g/mol. The van der Waals surface area contributed by atoms with E-state index in [1.54, 1.807) is 0 Å². The number of rotatable bonds is 2. The van der Waals surface area contributed by atoms with Gasteiger partial charge in [-0.25, -0.2) is 0 Å². The Bertz CT molecular complexity index is 672. The Kier molecular flexibility index (Phi) is 3.44.